The Balaban J connectivity index is 0.00000163. The topological polar surface area (TPSA) is 36.4 Å². The molecule has 0 aromatic heterocycles. The predicted molar refractivity (Wildman–Crippen MR) is 116 cm³/mol. The van der Waals surface area contributed by atoms with Crippen molar-refractivity contribution in [1.82, 2.24) is 10.6 Å². The predicted octanol–water partition coefficient (Wildman–Crippen LogP) is 5.08. The highest BCUT2D eigenvalue weighted by Gasteiger charge is 2.14. The number of hydrogen-bond donors (Lipinski definition) is 2. The van der Waals surface area contributed by atoms with E-state index in [1.165, 1.54) is 24.0 Å². The molecule has 0 aliphatic heterocycles. The summed E-state index contributed by atoms with van der Waals surface area (Å²) in [5.74, 6) is 0. The lowest BCUT2D eigenvalue weighted by Crippen LogP contribution is -2.27. The van der Waals surface area contributed by atoms with Crippen molar-refractivity contribution < 1.29 is 0 Å². The summed E-state index contributed by atoms with van der Waals surface area (Å²) >= 11 is 0. The van der Waals surface area contributed by atoms with Gasteiger partial charge in [-0.1, -0.05) is 68.8 Å². The molecule has 1 aliphatic rings. The van der Waals surface area contributed by atoms with Crippen LogP contribution in [0.3, 0.4) is 0 Å². The van der Waals surface area contributed by atoms with Crippen LogP contribution in [0.4, 0.5) is 0 Å². The average molecular weight is 356 g/mol. The highest BCUT2D eigenvalue weighted by atomic mass is 14.9. The van der Waals surface area contributed by atoms with Crippen LogP contribution < -0.4 is 10.6 Å². The van der Waals surface area contributed by atoms with E-state index in [0.717, 1.165) is 25.8 Å². The van der Waals surface area contributed by atoms with Gasteiger partial charge in [0.05, 0.1) is 6.04 Å². The zero-order valence-electron chi connectivity index (χ0n) is 17.0. The van der Waals surface area contributed by atoms with Crippen molar-refractivity contribution in [3.63, 3.8) is 0 Å². The second-order valence-corrected chi connectivity index (χ2v) is 6.29. The standard InChI is InChI=1S/C21H31N3.C2H6/c1-22-16-10-9-15-20(23-2)17-24-21(18-11-5-3-6-12-18)19-13-7-4-8-14-19;1-2/h3,5-7,11-14,17,20-23H,4,8-10,15-16H2,1-2H3;1-2H3. The first-order chi connectivity index (χ1) is 12.8. The average Bonchev–Trinajstić information content (AvgIpc) is 2.73. The highest BCUT2D eigenvalue weighted by molar-refractivity contribution is 5.65. The molecule has 1 aliphatic carbocycles. The molecule has 2 rings (SSSR count). The lowest BCUT2D eigenvalue weighted by molar-refractivity contribution is 0.578. The molecule has 1 aromatic carbocycles. The molecule has 2 atom stereocenters. The van der Waals surface area contributed by atoms with Crippen LogP contribution in [-0.2, 0) is 0 Å². The van der Waals surface area contributed by atoms with Gasteiger partial charge in [0, 0.05) is 12.3 Å². The Hall–Kier alpha value is -1.71. The van der Waals surface area contributed by atoms with Gasteiger partial charge in [-0.05, 0) is 57.5 Å². The van der Waals surface area contributed by atoms with Crippen LogP contribution in [0.15, 0.2) is 59.1 Å². The maximum Gasteiger partial charge on any atom is 0.0993 e. The van der Waals surface area contributed by atoms with Gasteiger partial charge in [0.25, 0.3) is 0 Å². The van der Waals surface area contributed by atoms with E-state index in [2.05, 4.69) is 65.4 Å². The number of allylic oxidation sites excluding steroid dienone is 2. The van der Waals surface area contributed by atoms with E-state index in [0.29, 0.717) is 6.04 Å². The van der Waals surface area contributed by atoms with Crippen molar-refractivity contribution >= 4 is 6.21 Å². The Morgan fingerprint density at radius 3 is 2.46 bits per heavy atom. The Morgan fingerprint density at radius 2 is 1.85 bits per heavy atom. The molecule has 1 aromatic rings. The largest absolute Gasteiger partial charge is 0.320 e. The summed E-state index contributed by atoms with van der Waals surface area (Å²) in [6.07, 6.45) is 14.7. The quantitative estimate of drug-likeness (QED) is 0.453. The summed E-state index contributed by atoms with van der Waals surface area (Å²) in [5.41, 5.74) is 2.57. The molecular formula is C23H37N3. The van der Waals surface area contributed by atoms with Crippen molar-refractivity contribution in [2.24, 2.45) is 4.99 Å². The normalized spacial score (nSPS) is 15.9. The zero-order valence-corrected chi connectivity index (χ0v) is 17.0. The van der Waals surface area contributed by atoms with Crippen LogP contribution in [0.2, 0.25) is 0 Å². The van der Waals surface area contributed by atoms with Crippen molar-refractivity contribution in [2.45, 2.75) is 58.0 Å². The third kappa shape index (κ3) is 8.11. The van der Waals surface area contributed by atoms with E-state index in [-0.39, 0.29) is 6.04 Å². The van der Waals surface area contributed by atoms with Gasteiger partial charge in [-0.2, -0.15) is 0 Å². The molecule has 3 heteroatoms. The van der Waals surface area contributed by atoms with Gasteiger partial charge in [0.1, 0.15) is 0 Å². The van der Waals surface area contributed by atoms with Crippen molar-refractivity contribution in [1.29, 1.82) is 0 Å². The fourth-order valence-electron chi connectivity index (χ4n) is 2.99. The number of nitrogens with zero attached hydrogens (tertiary/aromatic N) is 1. The van der Waals surface area contributed by atoms with Gasteiger partial charge in [-0.3, -0.25) is 4.99 Å². The second-order valence-electron chi connectivity index (χ2n) is 6.29. The van der Waals surface area contributed by atoms with Gasteiger partial charge in [-0.15, -0.1) is 0 Å². The fraction of sp³-hybridized carbons (Fsp3) is 0.522. The van der Waals surface area contributed by atoms with Crippen molar-refractivity contribution in [3.05, 3.63) is 59.7 Å². The molecule has 2 unspecified atom stereocenters. The van der Waals surface area contributed by atoms with Crippen LogP contribution in [0.1, 0.15) is 57.6 Å². The number of nitrogens with one attached hydrogen (secondary N) is 2. The smallest absolute Gasteiger partial charge is 0.0993 e. The monoisotopic (exact) mass is 355 g/mol. The molecule has 0 bridgehead atoms. The molecular weight excluding hydrogens is 318 g/mol. The molecule has 3 nitrogen and oxygen atoms in total. The number of hydrogen-bond acceptors (Lipinski definition) is 3. The first kappa shape index (κ1) is 22.3. The SMILES string of the molecule is CC.CNCCCCC(C=NC(C1=CCCC=C1)c1ccccc1)NC. The van der Waals surface area contributed by atoms with Gasteiger partial charge in [0.15, 0.2) is 0 Å². The summed E-state index contributed by atoms with van der Waals surface area (Å²) in [4.78, 5) is 4.97. The molecule has 0 radical (unpaired) electrons. The molecule has 144 valence electrons. The van der Waals surface area contributed by atoms with Crippen LogP contribution in [-0.4, -0.2) is 32.9 Å². The first-order valence-electron chi connectivity index (χ1n) is 10.1. The third-order valence-corrected chi connectivity index (χ3v) is 4.43. The summed E-state index contributed by atoms with van der Waals surface area (Å²) < 4.78 is 0. The summed E-state index contributed by atoms with van der Waals surface area (Å²) in [6, 6.07) is 11.0. The lowest BCUT2D eigenvalue weighted by atomic mass is 9.94. The number of benzene rings is 1. The van der Waals surface area contributed by atoms with E-state index in [9.17, 15) is 0 Å². The van der Waals surface area contributed by atoms with E-state index >= 15 is 0 Å². The van der Waals surface area contributed by atoms with Crippen LogP contribution in [0.5, 0.6) is 0 Å². The minimum absolute atomic E-state index is 0.107. The molecule has 26 heavy (non-hydrogen) atoms. The van der Waals surface area contributed by atoms with E-state index in [1.807, 2.05) is 27.9 Å². The number of aliphatic imine (C=N–C) groups is 1. The maximum absolute atomic E-state index is 4.97. The molecule has 0 saturated heterocycles. The van der Waals surface area contributed by atoms with Gasteiger partial charge >= 0.3 is 0 Å². The number of rotatable bonds is 10. The van der Waals surface area contributed by atoms with Crippen LogP contribution >= 0.6 is 0 Å². The minimum Gasteiger partial charge on any atom is -0.320 e. The summed E-state index contributed by atoms with van der Waals surface area (Å²) in [5, 5.41) is 6.59. The Kier molecular flexibility index (Phi) is 12.4. The first-order valence-corrected chi connectivity index (χ1v) is 10.1. The number of unbranched alkanes of at least 4 members (excludes halogenated alkanes) is 1. The third-order valence-electron chi connectivity index (χ3n) is 4.43. The Morgan fingerprint density at radius 1 is 1.08 bits per heavy atom. The fourth-order valence-corrected chi connectivity index (χ4v) is 2.99. The molecule has 0 fully saturated rings. The maximum atomic E-state index is 4.97. The van der Waals surface area contributed by atoms with Crippen LogP contribution in [0, 0.1) is 0 Å². The van der Waals surface area contributed by atoms with Gasteiger partial charge < -0.3 is 10.6 Å². The van der Waals surface area contributed by atoms with Crippen molar-refractivity contribution in [2.75, 3.05) is 20.6 Å². The van der Waals surface area contributed by atoms with Gasteiger partial charge in [-0.25, -0.2) is 0 Å². The molecule has 2 N–H and O–H groups in total. The summed E-state index contributed by atoms with van der Waals surface area (Å²) in [6.45, 7) is 5.08. The van der Waals surface area contributed by atoms with Crippen LogP contribution in [0.25, 0.3) is 0 Å². The Labute approximate surface area is 160 Å². The molecule has 0 saturated carbocycles. The molecule has 0 heterocycles. The minimum atomic E-state index is 0.107. The van der Waals surface area contributed by atoms with E-state index in [4.69, 9.17) is 4.99 Å². The van der Waals surface area contributed by atoms with Gasteiger partial charge in [0.2, 0.25) is 0 Å². The second kappa shape index (κ2) is 14.5. The lowest BCUT2D eigenvalue weighted by Gasteiger charge is -2.18. The molecule has 0 spiro atoms. The van der Waals surface area contributed by atoms with E-state index < -0.39 is 0 Å². The van der Waals surface area contributed by atoms with Crippen molar-refractivity contribution in [3.8, 4) is 0 Å². The zero-order chi connectivity index (χ0) is 19.0. The molecule has 0 amide bonds. The van der Waals surface area contributed by atoms with E-state index in [1.54, 1.807) is 0 Å². The Bertz CT molecular complexity index is 546. The highest BCUT2D eigenvalue weighted by Crippen LogP contribution is 2.29. The summed E-state index contributed by atoms with van der Waals surface area (Å²) in [7, 11) is 4.03.